The Labute approximate surface area is 92.4 Å². The van der Waals surface area contributed by atoms with Crippen LogP contribution in [0.15, 0.2) is 6.07 Å². The average Bonchev–Trinajstić information content (AvgIpc) is 2.26. The lowest BCUT2D eigenvalue weighted by Crippen LogP contribution is -2.11. The fourth-order valence-corrected chi connectivity index (χ4v) is 1.23. The average molecular weight is 228 g/mol. The van der Waals surface area contributed by atoms with Gasteiger partial charge in [0.25, 0.3) is 0 Å². The van der Waals surface area contributed by atoms with Gasteiger partial charge in [-0.3, -0.25) is 0 Å². The van der Waals surface area contributed by atoms with Crippen molar-refractivity contribution in [1.29, 1.82) is 0 Å². The number of halogens is 1. The summed E-state index contributed by atoms with van der Waals surface area (Å²) in [6.07, 6.45) is -1.32. The number of alkyl halides is 1. The summed E-state index contributed by atoms with van der Waals surface area (Å²) in [6.45, 7) is 1.30. The Morgan fingerprint density at radius 1 is 1.56 bits per heavy atom. The van der Waals surface area contributed by atoms with Crippen LogP contribution in [0.25, 0.3) is 0 Å². The van der Waals surface area contributed by atoms with Crippen LogP contribution in [0.3, 0.4) is 0 Å². The van der Waals surface area contributed by atoms with E-state index in [9.17, 15) is 9.18 Å². The molecular formula is C10H13FN2O3. The maximum Gasteiger partial charge on any atom is 0.360 e. The maximum atomic E-state index is 13.1. The third-order valence-corrected chi connectivity index (χ3v) is 2.01. The van der Waals surface area contributed by atoms with Gasteiger partial charge in [0, 0.05) is 0 Å². The smallest absolute Gasteiger partial charge is 0.360 e. The largest absolute Gasteiger partial charge is 0.492 e. The van der Waals surface area contributed by atoms with Crippen molar-refractivity contribution in [3.05, 3.63) is 17.5 Å². The van der Waals surface area contributed by atoms with Crippen molar-refractivity contribution in [2.45, 2.75) is 13.1 Å². The maximum absolute atomic E-state index is 13.1. The van der Waals surface area contributed by atoms with Gasteiger partial charge in [0.1, 0.15) is 6.17 Å². The Balaban J connectivity index is 3.36. The molecular weight excluding hydrogens is 215 g/mol. The van der Waals surface area contributed by atoms with Gasteiger partial charge in [-0.15, -0.1) is 0 Å². The summed E-state index contributed by atoms with van der Waals surface area (Å²) in [7, 11) is 2.55. The number of hydrogen-bond acceptors (Lipinski definition) is 5. The highest BCUT2D eigenvalue weighted by atomic mass is 19.1. The molecule has 1 heterocycles. The summed E-state index contributed by atoms with van der Waals surface area (Å²) >= 11 is 0. The molecule has 0 radical (unpaired) electrons. The number of nitrogens with two attached hydrogens (primary N) is 1. The zero-order valence-electron chi connectivity index (χ0n) is 9.28. The first kappa shape index (κ1) is 12.2. The van der Waals surface area contributed by atoms with Crippen molar-refractivity contribution in [3.63, 3.8) is 0 Å². The number of carbonyl (C=O) groups excluding carboxylic acids is 1. The van der Waals surface area contributed by atoms with Crippen LogP contribution in [0.4, 0.5) is 10.1 Å². The fraction of sp³-hybridized carbons (Fsp3) is 0.400. The molecule has 0 aliphatic carbocycles. The number of nitrogens with zero attached hydrogens (tertiary/aromatic N) is 1. The first-order chi connectivity index (χ1) is 7.51. The first-order valence-electron chi connectivity index (χ1n) is 4.58. The van der Waals surface area contributed by atoms with Gasteiger partial charge < -0.3 is 15.2 Å². The van der Waals surface area contributed by atoms with Crippen LogP contribution in [0, 0.1) is 0 Å². The standard InChI is InChI=1S/C10H13FN2O3/c1-5(11)7-4-6(12)9(15-2)8(13-7)10(14)16-3/h4-5H,1-3H3,(H2,12,13). The predicted molar refractivity (Wildman–Crippen MR) is 56.1 cm³/mol. The van der Waals surface area contributed by atoms with Gasteiger partial charge in [0.05, 0.1) is 25.6 Å². The Hall–Kier alpha value is -1.85. The van der Waals surface area contributed by atoms with Gasteiger partial charge in [-0.1, -0.05) is 0 Å². The zero-order chi connectivity index (χ0) is 12.3. The number of pyridine rings is 1. The molecule has 0 saturated heterocycles. The lowest BCUT2D eigenvalue weighted by Gasteiger charge is -2.11. The molecule has 1 unspecified atom stereocenters. The molecule has 1 atom stereocenters. The van der Waals surface area contributed by atoms with E-state index in [2.05, 4.69) is 9.72 Å². The molecule has 2 N–H and O–H groups in total. The molecule has 1 aromatic heterocycles. The van der Waals surface area contributed by atoms with Crippen LogP contribution in [-0.2, 0) is 4.74 Å². The van der Waals surface area contributed by atoms with Crippen LogP contribution in [0.5, 0.6) is 5.75 Å². The molecule has 0 spiro atoms. The molecule has 0 amide bonds. The second-order valence-electron chi connectivity index (χ2n) is 3.13. The highest BCUT2D eigenvalue weighted by Gasteiger charge is 2.20. The molecule has 1 rings (SSSR count). The van der Waals surface area contributed by atoms with Crippen LogP contribution < -0.4 is 10.5 Å². The minimum atomic E-state index is -1.32. The minimum absolute atomic E-state index is 0.0682. The molecule has 0 aliphatic rings. The number of carbonyl (C=O) groups is 1. The summed E-state index contributed by atoms with van der Waals surface area (Å²) < 4.78 is 22.5. The summed E-state index contributed by atoms with van der Waals surface area (Å²) in [5, 5.41) is 0. The van der Waals surface area contributed by atoms with E-state index < -0.39 is 12.1 Å². The van der Waals surface area contributed by atoms with Crippen molar-refractivity contribution >= 4 is 11.7 Å². The Bertz CT molecular complexity index is 407. The summed E-state index contributed by atoms with van der Waals surface area (Å²) in [6, 6.07) is 1.33. The van der Waals surface area contributed by atoms with E-state index >= 15 is 0 Å². The van der Waals surface area contributed by atoms with Crippen LogP contribution in [0.2, 0.25) is 0 Å². The van der Waals surface area contributed by atoms with Gasteiger partial charge >= 0.3 is 5.97 Å². The number of hydrogen-bond donors (Lipinski definition) is 1. The molecule has 0 aromatic carbocycles. The number of aromatic nitrogens is 1. The number of nitrogen functional groups attached to an aromatic ring is 1. The second-order valence-corrected chi connectivity index (χ2v) is 3.13. The van der Waals surface area contributed by atoms with Gasteiger partial charge in [-0.2, -0.15) is 0 Å². The monoisotopic (exact) mass is 228 g/mol. The molecule has 0 aliphatic heterocycles. The van der Waals surface area contributed by atoms with Crippen molar-refractivity contribution in [3.8, 4) is 5.75 Å². The van der Waals surface area contributed by atoms with Gasteiger partial charge in [0.2, 0.25) is 0 Å². The highest BCUT2D eigenvalue weighted by Crippen LogP contribution is 2.29. The lowest BCUT2D eigenvalue weighted by molar-refractivity contribution is 0.0589. The molecule has 88 valence electrons. The Kier molecular flexibility index (Phi) is 3.65. The third kappa shape index (κ3) is 2.21. The lowest BCUT2D eigenvalue weighted by atomic mass is 10.2. The van der Waals surface area contributed by atoms with E-state index in [0.29, 0.717) is 0 Å². The number of rotatable bonds is 3. The van der Waals surface area contributed by atoms with E-state index in [1.54, 1.807) is 0 Å². The normalized spacial score (nSPS) is 12.0. The van der Waals surface area contributed by atoms with E-state index in [1.165, 1.54) is 27.2 Å². The van der Waals surface area contributed by atoms with E-state index in [0.717, 1.165) is 0 Å². The SMILES string of the molecule is COC(=O)c1nc(C(C)F)cc(N)c1OC. The molecule has 6 heteroatoms. The molecule has 0 saturated carbocycles. The van der Waals surface area contributed by atoms with Crippen molar-refractivity contribution in [2.24, 2.45) is 0 Å². The topological polar surface area (TPSA) is 74.4 Å². The van der Waals surface area contributed by atoms with Crippen molar-refractivity contribution in [2.75, 3.05) is 20.0 Å². The number of anilines is 1. The number of ether oxygens (including phenoxy) is 2. The minimum Gasteiger partial charge on any atom is -0.492 e. The van der Waals surface area contributed by atoms with Crippen LogP contribution >= 0.6 is 0 Å². The molecule has 0 bridgehead atoms. The van der Waals surface area contributed by atoms with Crippen molar-refractivity contribution in [1.82, 2.24) is 4.98 Å². The molecule has 1 aromatic rings. The molecule has 0 fully saturated rings. The second kappa shape index (κ2) is 4.78. The fourth-order valence-electron chi connectivity index (χ4n) is 1.23. The number of esters is 1. The predicted octanol–water partition coefficient (Wildman–Crippen LogP) is 1.49. The van der Waals surface area contributed by atoms with Crippen LogP contribution in [-0.4, -0.2) is 25.2 Å². The zero-order valence-corrected chi connectivity index (χ0v) is 9.28. The Morgan fingerprint density at radius 3 is 2.62 bits per heavy atom. The molecule has 5 nitrogen and oxygen atoms in total. The van der Waals surface area contributed by atoms with E-state index in [4.69, 9.17) is 10.5 Å². The van der Waals surface area contributed by atoms with Crippen LogP contribution in [0.1, 0.15) is 29.3 Å². The quantitative estimate of drug-likeness (QED) is 0.793. The first-order valence-corrected chi connectivity index (χ1v) is 4.58. The Morgan fingerprint density at radius 2 is 2.19 bits per heavy atom. The van der Waals surface area contributed by atoms with Gasteiger partial charge in [-0.25, -0.2) is 14.2 Å². The van der Waals surface area contributed by atoms with Gasteiger partial charge in [-0.05, 0) is 13.0 Å². The number of methoxy groups -OCH3 is 2. The van der Waals surface area contributed by atoms with Crippen molar-refractivity contribution < 1.29 is 18.7 Å². The van der Waals surface area contributed by atoms with E-state index in [1.807, 2.05) is 0 Å². The third-order valence-electron chi connectivity index (χ3n) is 2.01. The van der Waals surface area contributed by atoms with E-state index in [-0.39, 0.29) is 22.8 Å². The summed E-state index contributed by atoms with van der Waals surface area (Å²) in [4.78, 5) is 15.2. The summed E-state index contributed by atoms with van der Waals surface area (Å²) in [5.41, 5.74) is 5.72. The van der Waals surface area contributed by atoms with Gasteiger partial charge in [0.15, 0.2) is 11.4 Å². The molecule has 16 heavy (non-hydrogen) atoms. The summed E-state index contributed by atoms with van der Waals surface area (Å²) in [5.74, 6) is -0.623. The highest BCUT2D eigenvalue weighted by molar-refractivity contribution is 5.92.